The number of fused-ring (bicyclic) bond motifs is 1. The van der Waals surface area contributed by atoms with Gasteiger partial charge < -0.3 is 10.1 Å². The van der Waals surface area contributed by atoms with E-state index in [2.05, 4.69) is 18.3 Å². The van der Waals surface area contributed by atoms with Crippen molar-refractivity contribution in [1.82, 2.24) is 0 Å². The molecule has 0 spiro atoms. The molecule has 0 saturated heterocycles. The quantitative estimate of drug-likeness (QED) is 0.940. The van der Waals surface area contributed by atoms with Gasteiger partial charge in [-0.1, -0.05) is 18.2 Å². The van der Waals surface area contributed by atoms with E-state index in [1.807, 2.05) is 36.4 Å². The largest absolute Gasteiger partial charge is 0.497 e. The molecular formula is C17H17NO2S. The standard InChI is InChI=1S/C17H17NO2S/c1-11-3-8-14-15(9-11)21-16(17(19)18-14)10-12-4-6-13(20-2)7-5-12/h3-9,16H,10H2,1-2H3,(H,18,19). The highest BCUT2D eigenvalue weighted by molar-refractivity contribution is 8.01. The number of thioether (sulfide) groups is 1. The molecule has 0 bridgehead atoms. The summed E-state index contributed by atoms with van der Waals surface area (Å²) in [5.74, 6) is 0.910. The zero-order chi connectivity index (χ0) is 14.8. The summed E-state index contributed by atoms with van der Waals surface area (Å²) in [4.78, 5) is 13.4. The summed E-state index contributed by atoms with van der Waals surface area (Å²) in [7, 11) is 1.65. The second-order valence-corrected chi connectivity index (χ2v) is 6.39. The molecule has 0 radical (unpaired) electrons. The van der Waals surface area contributed by atoms with Crippen LogP contribution in [0.5, 0.6) is 5.75 Å². The lowest BCUT2D eigenvalue weighted by Gasteiger charge is -2.24. The Morgan fingerprint density at radius 2 is 1.95 bits per heavy atom. The zero-order valence-electron chi connectivity index (χ0n) is 12.1. The Hall–Kier alpha value is -1.94. The SMILES string of the molecule is COc1ccc(CC2Sc3cc(C)ccc3NC2=O)cc1. The first-order chi connectivity index (χ1) is 10.2. The van der Waals surface area contributed by atoms with Gasteiger partial charge in [-0.25, -0.2) is 0 Å². The number of carbonyl (C=O) groups is 1. The molecule has 4 heteroatoms. The third-order valence-electron chi connectivity index (χ3n) is 3.54. The third kappa shape index (κ3) is 3.05. The molecule has 1 unspecified atom stereocenters. The van der Waals surface area contributed by atoms with Crippen LogP contribution in [-0.4, -0.2) is 18.3 Å². The van der Waals surface area contributed by atoms with Gasteiger partial charge in [0.05, 0.1) is 18.0 Å². The van der Waals surface area contributed by atoms with Crippen LogP contribution < -0.4 is 10.1 Å². The number of benzene rings is 2. The lowest BCUT2D eigenvalue weighted by atomic mass is 10.1. The van der Waals surface area contributed by atoms with Gasteiger partial charge in [-0.3, -0.25) is 4.79 Å². The molecule has 2 aromatic carbocycles. The molecule has 3 nitrogen and oxygen atoms in total. The molecule has 1 heterocycles. The van der Waals surface area contributed by atoms with Gasteiger partial charge in [-0.15, -0.1) is 11.8 Å². The van der Waals surface area contributed by atoms with Gasteiger partial charge in [0.2, 0.25) is 5.91 Å². The molecule has 0 saturated carbocycles. The minimum atomic E-state index is -0.0901. The smallest absolute Gasteiger partial charge is 0.238 e. The molecule has 0 aliphatic carbocycles. The van der Waals surface area contributed by atoms with E-state index in [4.69, 9.17) is 4.74 Å². The highest BCUT2D eigenvalue weighted by Gasteiger charge is 2.27. The van der Waals surface area contributed by atoms with Crippen molar-refractivity contribution in [3.8, 4) is 5.75 Å². The molecule has 1 amide bonds. The van der Waals surface area contributed by atoms with Crippen LogP contribution >= 0.6 is 11.8 Å². The number of rotatable bonds is 3. The molecule has 0 fully saturated rings. The summed E-state index contributed by atoms with van der Waals surface area (Å²) < 4.78 is 5.16. The average molecular weight is 299 g/mol. The summed E-state index contributed by atoms with van der Waals surface area (Å²) in [6.45, 7) is 2.07. The number of methoxy groups -OCH3 is 1. The van der Waals surface area contributed by atoms with E-state index in [9.17, 15) is 4.79 Å². The summed E-state index contributed by atoms with van der Waals surface area (Å²) in [6, 6.07) is 14.0. The number of nitrogens with one attached hydrogen (secondary N) is 1. The maximum atomic E-state index is 12.2. The van der Waals surface area contributed by atoms with Crippen LogP contribution in [0.25, 0.3) is 0 Å². The highest BCUT2D eigenvalue weighted by atomic mass is 32.2. The number of amides is 1. The lowest BCUT2D eigenvalue weighted by Crippen LogP contribution is -2.30. The maximum absolute atomic E-state index is 12.2. The van der Waals surface area contributed by atoms with E-state index in [1.165, 1.54) is 5.56 Å². The molecule has 21 heavy (non-hydrogen) atoms. The van der Waals surface area contributed by atoms with Gasteiger partial charge in [0.25, 0.3) is 0 Å². The summed E-state index contributed by atoms with van der Waals surface area (Å²) in [5, 5.41) is 2.91. The number of aryl methyl sites for hydroxylation is 1. The molecule has 1 aliphatic rings. The predicted molar refractivity (Wildman–Crippen MR) is 86.2 cm³/mol. The fraction of sp³-hybridized carbons (Fsp3) is 0.235. The van der Waals surface area contributed by atoms with Gasteiger partial charge in [-0.2, -0.15) is 0 Å². The van der Waals surface area contributed by atoms with Crippen LogP contribution in [-0.2, 0) is 11.2 Å². The molecule has 1 N–H and O–H groups in total. The van der Waals surface area contributed by atoms with Gasteiger partial charge in [0, 0.05) is 4.90 Å². The van der Waals surface area contributed by atoms with Crippen molar-refractivity contribution < 1.29 is 9.53 Å². The second-order valence-electron chi connectivity index (χ2n) is 5.15. The maximum Gasteiger partial charge on any atom is 0.238 e. The van der Waals surface area contributed by atoms with E-state index >= 15 is 0 Å². The number of anilines is 1. The Labute approximate surface area is 128 Å². The van der Waals surface area contributed by atoms with Crippen LogP contribution in [0, 0.1) is 6.92 Å². The van der Waals surface area contributed by atoms with Crippen molar-refractivity contribution in [3.63, 3.8) is 0 Å². The van der Waals surface area contributed by atoms with Crippen molar-refractivity contribution in [2.75, 3.05) is 12.4 Å². The normalized spacial score (nSPS) is 17.0. The fourth-order valence-corrected chi connectivity index (χ4v) is 3.61. The van der Waals surface area contributed by atoms with Crippen LogP contribution in [0.2, 0.25) is 0 Å². The Morgan fingerprint density at radius 3 is 2.67 bits per heavy atom. The Kier molecular flexibility index (Phi) is 3.88. The molecule has 2 aromatic rings. The van der Waals surface area contributed by atoms with Crippen LogP contribution in [0.3, 0.4) is 0 Å². The Morgan fingerprint density at radius 1 is 1.19 bits per heavy atom. The molecule has 1 atom stereocenters. The van der Waals surface area contributed by atoms with Crippen molar-refractivity contribution in [1.29, 1.82) is 0 Å². The second kappa shape index (κ2) is 5.82. The van der Waals surface area contributed by atoms with Crippen molar-refractivity contribution >= 4 is 23.4 Å². The molecule has 3 rings (SSSR count). The van der Waals surface area contributed by atoms with Crippen molar-refractivity contribution in [2.45, 2.75) is 23.5 Å². The molecule has 108 valence electrons. The number of ether oxygens (including phenoxy) is 1. The minimum Gasteiger partial charge on any atom is -0.497 e. The summed E-state index contributed by atoms with van der Waals surface area (Å²) in [5.41, 5.74) is 3.27. The Balaban J connectivity index is 1.78. The van der Waals surface area contributed by atoms with Crippen molar-refractivity contribution in [2.24, 2.45) is 0 Å². The highest BCUT2D eigenvalue weighted by Crippen LogP contribution is 2.37. The van der Waals surface area contributed by atoms with Gasteiger partial charge in [0.1, 0.15) is 5.75 Å². The van der Waals surface area contributed by atoms with E-state index < -0.39 is 0 Å². The van der Waals surface area contributed by atoms with Gasteiger partial charge in [-0.05, 0) is 48.7 Å². The first-order valence-electron chi connectivity index (χ1n) is 6.87. The topological polar surface area (TPSA) is 38.3 Å². The van der Waals surface area contributed by atoms with E-state index in [0.717, 1.165) is 21.9 Å². The summed E-state index contributed by atoms with van der Waals surface area (Å²) in [6.07, 6.45) is 0.716. The molecule has 1 aliphatic heterocycles. The average Bonchev–Trinajstić information content (AvgIpc) is 2.49. The lowest BCUT2D eigenvalue weighted by molar-refractivity contribution is -0.115. The fourth-order valence-electron chi connectivity index (χ4n) is 2.36. The van der Waals surface area contributed by atoms with E-state index in [0.29, 0.717) is 6.42 Å². The Bertz CT molecular complexity index is 667. The number of hydrogen-bond acceptors (Lipinski definition) is 3. The molecule has 0 aromatic heterocycles. The first kappa shape index (κ1) is 14.0. The van der Waals surface area contributed by atoms with Crippen LogP contribution in [0.1, 0.15) is 11.1 Å². The van der Waals surface area contributed by atoms with Gasteiger partial charge >= 0.3 is 0 Å². The zero-order valence-corrected chi connectivity index (χ0v) is 12.9. The monoisotopic (exact) mass is 299 g/mol. The molecular weight excluding hydrogens is 282 g/mol. The summed E-state index contributed by atoms with van der Waals surface area (Å²) >= 11 is 1.64. The number of carbonyl (C=O) groups excluding carboxylic acids is 1. The minimum absolute atomic E-state index is 0.0761. The van der Waals surface area contributed by atoms with Crippen LogP contribution in [0.4, 0.5) is 5.69 Å². The number of hydrogen-bond donors (Lipinski definition) is 1. The predicted octanol–water partition coefficient (Wildman–Crippen LogP) is 3.66. The van der Waals surface area contributed by atoms with E-state index in [1.54, 1.807) is 18.9 Å². The van der Waals surface area contributed by atoms with Crippen molar-refractivity contribution in [3.05, 3.63) is 53.6 Å². The van der Waals surface area contributed by atoms with E-state index in [-0.39, 0.29) is 11.2 Å². The van der Waals surface area contributed by atoms with Crippen LogP contribution in [0.15, 0.2) is 47.4 Å². The van der Waals surface area contributed by atoms with Gasteiger partial charge in [0.15, 0.2) is 0 Å². The first-order valence-corrected chi connectivity index (χ1v) is 7.75. The third-order valence-corrected chi connectivity index (χ3v) is 4.79.